The Morgan fingerprint density at radius 1 is 1.06 bits per heavy atom. The Morgan fingerprint density at radius 2 is 1.75 bits per heavy atom. The molecule has 0 radical (unpaired) electrons. The van der Waals surface area contributed by atoms with Gasteiger partial charge in [0.05, 0.1) is 16.9 Å². The van der Waals surface area contributed by atoms with Crippen LogP contribution in [0.4, 0.5) is 11.4 Å². The molecule has 0 heterocycles. The fourth-order valence-electron chi connectivity index (χ4n) is 3.00. The van der Waals surface area contributed by atoms with Gasteiger partial charge in [-0.15, -0.1) is 0 Å². The normalized spacial score (nSPS) is 10.9. The van der Waals surface area contributed by atoms with E-state index in [0.29, 0.717) is 22.6 Å². The van der Waals surface area contributed by atoms with Crippen LogP contribution in [0.2, 0.25) is 0 Å². The lowest BCUT2D eigenvalue weighted by atomic mass is 10.1. The van der Waals surface area contributed by atoms with Crippen LogP contribution in [-0.4, -0.2) is 26.4 Å². The van der Waals surface area contributed by atoms with Crippen molar-refractivity contribution in [2.24, 2.45) is 0 Å². The lowest BCUT2D eigenvalue weighted by Gasteiger charge is -2.12. The number of ether oxygens (including phenoxy) is 1. The third-order valence-corrected chi connectivity index (χ3v) is 6.11. The number of amides is 1. The number of hydrogen-bond donors (Lipinski definition) is 2. The Morgan fingerprint density at radius 3 is 2.41 bits per heavy atom. The summed E-state index contributed by atoms with van der Waals surface area (Å²) in [6.45, 7) is 1.60. The molecule has 0 aliphatic rings. The molecule has 0 aliphatic carbocycles. The highest BCUT2D eigenvalue weighted by atomic mass is 32.2. The van der Waals surface area contributed by atoms with Gasteiger partial charge in [0.2, 0.25) is 0 Å². The number of aryl methyl sites for hydroxylation is 1. The van der Waals surface area contributed by atoms with Gasteiger partial charge in [-0.05, 0) is 48.9 Å². The van der Waals surface area contributed by atoms with Crippen LogP contribution in [0.1, 0.15) is 21.5 Å². The van der Waals surface area contributed by atoms with Gasteiger partial charge in [-0.2, -0.15) is 0 Å². The first-order chi connectivity index (χ1) is 15.2. The standard InChI is InChI=1S/C22H21N3O6S/c1-15-7-12-19(32(29,30)24-17-8-10-18(31-2)11-9-17)13-20(15)22(26)23-14-16-5-3-4-6-21(16)25(27)28/h3-13,24H,14H2,1-2H3,(H,23,26). The second-order valence-electron chi connectivity index (χ2n) is 6.88. The molecule has 0 saturated carbocycles. The molecule has 166 valence electrons. The lowest BCUT2D eigenvalue weighted by Crippen LogP contribution is -2.24. The minimum absolute atomic E-state index is 0.0729. The van der Waals surface area contributed by atoms with Gasteiger partial charge in [-0.3, -0.25) is 19.6 Å². The number of methoxy groups -OCH3 is 1. The summed E-state index contributed by atoms with van der Waals surface area (Å²) in [6, 6.07) is 16.6. The van der Waals surface area contributed by atoms with Crippen molar-refractivity contribution in [2.75, 3.05) is 11.8 Å². The van der Waals surface area contributed by atoms with Crippen LogP contribution in [0.5, 0.6) is 5.75 Å². The maximum Gasteiger partial charge on any atom is 0.274 e. The number of rotatable bonds is 8. The topological polar surface area (TPSA) is 128 Å². The number of carbonyl (C=O) groups excluding carboxylic acids is 1. The molecule has 0 bridgehead atoms. The van der Waals surface area contributed by atoms with Crippen molar-refractivity contribution in [3.8, 4) is 5.75 Å². The molecule has 0 fully saturated rings. The molecule has 0 atom stereocenters. The average Bonchev–Trinajstić information content (AvgIpc) is 2.78. The van der Waals surface area contributed by atoms with Crippen LogP contribution < -0.4 is 14.8 Å². The third kappa shape index (κ3) is 5.22. The third-order valence-electron chi connectivity index (χ3n) is 4.73. The number of anilines is 1. The van der Waals surface area contributed by atoms with Crippen LogP contribution in [-0.2, 0) is 16.6 Å². The van der Waals surface area contributed by atoms with Gasteiger partial charge in [0.1, 0.15) is 5.75 Å². The van der Waals surface area contributed by atoms with Gasteiger partial charge in [0.15, 0.2) is 0 Å². The Bertz CT molecular complexity index is 1260. The highest BCUT2D eigenvalue weighted by Crippen LogP contribution is 2.22. The summed E-state index contributed by atoms with van der Waals surface area (Å²) in [5.41, 5.74) is 1.29. The first-order valence-corrected chi connectivity index (χ1v) is 11.0. The first kappa shape index (κ1) is 22.8. The predicted octanol–water partition coefficient (Wildman–Crippen LogP) is 3.64. The highest BCUT2D eigenvalue weighted by Gasteiger charge is 2.19. The molecule has 0 saturated heterocycles. The molecule has 3 aromatic rings. The van der Waals surface area contributed by atoms with E-state index >= 15 is 0 Å². The number of para-hydroxylation sites is 1. The van der Waals surface area contributed by atoms with Gasteiger partial charge in [0.25, 0.3) is 21.6 Å². The van der Waals surface area contributed by atoms with E-state index in [1.807, 2.05) is 0 Å². The van der Waals surface area contributed by atoms with Crippen LogP contribution >= 0.6 is 0 Å². The van der Waals surface area contributed by atoms with E-state index < -0.39 is 20.9 Å². The van der Waals surface area contributed by atoms with E-state index in [2.05, 4.69) is 10.0 Å². The molecule has 0 aromatic heterocycles. The summed E-state index contributed by atoms with van der Waals surface area (Å²) in [7, 11) is -2.44. The summed E-state index contributed by atoms with van der Waals surface area (Å²) in [6.07, 6.45) is 0. The maximum atomic E-state index is 12.8. The molecule has 3 rings (SSSR count). The van der Waals surface area contributed by atoms with Crippen molar-refractivity contribution in [3.63, 3.8) is 0 Å². The predicted molar refractivity (Wildman–Crippen MR) is 119 cm³/mol. The summed E-state index contributed by atoms with van der Waals surface area (Å²) in [5.74, 6) is 0.0445. The zero-order valence-electron chi connectivity index (χ0n) is 17.4. The molecule has 10 heteroatoms. The molecule has 0 aliphatic heterocycles. The SMILES string of the molecule is COc1ccc(NS(=O)(=O)c2ccc(C)c(C(=O)NCc3ccccc3[N+](=O)[O-])c2)cc1. The fourth-order valence-corrected chi connectivity index (χ4v) is 4.08. The first-order valence-electron chi connectivity index (χ1n) is 9.49. The van der Waals surface area contributed by atoms with E-state index in [9.17, 15) is 23.3 Å². The van der Waals surface area contributed by atoms with Crippen molar-refractivity contribution in [1.29, 1.82) is 0 Å². The van der Waals surface area contributed by atoms with Gasteiger partial charge < -0.3 is 10.1 Å². The molecule has 0 spiro atoms. The number of nitro benzene ring substituents is 1. The zero-order valence-corrected chi connectivity index (χ0v) is 18.2. The lowest BCUT2D eigenvalue weighted by molar-refractivity contribution is -0.385. The molecular weight excluding hydrogens is 434 g/mol. The molecule has 32 heavy (non-hydrogen) atoms. The van der Waals surface area contributed by atoms with Gasteiger partial charge >= 0.3 is 0 Å². The van der Waals surface area contributed by atoms with Crippen LogP contribution in [0, 0.1) is 17.0 Å². The highest BCUT2D eigenvalue weighted by molar-refractivity contribution is 7.92. The van der Waals surface area contributed by atoms with Crippen molar-refractivity contribution in [1.82, 2.24) is 5.32 Å². The molecule has 9 nitrogen and oxygen atoms in total. The second kappa shape index (κ2) is 9.48. The number of nitrogens with zero attached hydrogens (tertiary/aromatic N) is 1. The second-order valence-corrected chi connectivity index (χ2v) is 8.56. The Kier molecular flexibility index (Phi) is 6.74. The van der Waals surface area contributed by atoms with Crippen molar-refractivity contribution in [3.05, 3.63) is 93.5 Å². The molecular formula is C22H21N3O6S. The van der Waals surface area contributed by atoms with E-state index in [1.165, 1.54) is 37.4 Å². The Balaban J connectivity index is 1.80. The van der Waals surface area contributed by atoms with E-state index in [4.69, 9.17) is 4.74 Å². The summed E-state index contributed by atoms with van der Waals surface area (Å²) < 4.78 is 33.1. The zero-order chi connectivity index (χ0) is 23.3. The Hall–Kier alpha value is -3.92. The van der Waals surface area contributed by atoms with Gasteiger partial charge in [-0.1, -0.05) is 24.3 Å². The Labute approximate surface area is 185 Å². The summed E-state index contributed by atoms with van der Waals surface area (Å²) in [5, 5.41) is 13.8. The minimum atomic E-state index is -3.95. The maximum absolute atomic E-state index is 12.8. The van der Waals surface area contributed by atoms with Gasteiger partial charge in [-0.25, -0.2) is 8.42 Å². The summed E-state index contributed by atoms with van der Waals surface area (Å²) >= 11 is 0. The molecule has 3 aromatic carbocycles. The van der Waals surface area contributed by atoms with Crippen molar-refractivity contribution < 1.29 is 22.9 Å². The van der Waals surface area contributed by atoms with Gasteiger partial charge in [0, 0.05) is 29.4 Å². The molecule has 1 amide bonds. The van der Waals surface area contributed by atoms with Crippen LogP contribution in [0.15, 0.2) is 71.6 Å². The van der Waals surface area contributed by atoms with E-state index in [1.54, 1.807) is 43.3 Å². The minimum Gasteiger partial charge on any atom is -0.497 e. The largest absolute Gasteiger partial charge is 0.497 e. The number of benzene rings is 3. The van der Waals surface area contributed by atoms with Crippen LogP contribution in [0.3, 0.4) is 0 Å². The average molecular weight is 455 g/mol. The fraction of sp³-hybridized carbons (Fsp3) is 0.136. The number of sulfonamides is 1. The summed E-state index contributed by atoms with van der Waals surface area (Å²) in [4.78, 5) is 23.3. The van der Waals surface area contributed by atoms with E-state index in [0.717, 1.165) is 0 Å². The van der Waals surface area contributed by atoms with Crippen molar-refractivity contribution >= 4 is 27.3 Å². The number of nitro groups is 1. The molecule has 2 N–H and O–H groups in total. The number of carbonyl (C=O) groups is 1. The quantitative estimate of drug-likeness (QED) is 0.394. The van der Waals surface area contributed by atoms with Crippen molar-refractivity contribution in [2.45, 2.75) is 18.4 Å². The molecule has 0 unspecified atom stereocenters. The van der Waals surface area contributed by atoms with E-state index in [-0.39, 0.29) is 22.7 Å². The smallest absolute Gasteiger partial charge is 0.274 e. The monoisotopic (exact) mass is 455 g/mol. The number of hydrogen-bond acceptors (Lipinski definition) is 6. The number of nitrogens with one attached hydrogen (secondary N) is 2. The van der Waals surface area contributed by atoms with Crippen LogP contribution in [0.25, 0.3) is 0 Å².